The summed E-state index contributed by atoms with van der Waals surface area (Å²) in [6.45, 7) is 2.59. The average Bonchev–Trinajstić information content (AvgIpc) is 2.62. The lowest BCUT2D eigenvalue weighted by Crippen LogP contribution is -2.39. The number of nitrogens with zero attached hydrogens (tertiary/aromatic N) is 2. The van der Waals surface area contributed by atoms with Gasteiger partial charge in [-0.1, -0.05) is 30.3 Å². The van der Waals surface area contributed by atoms with E-state index in [0.717, 1.165) is 12.1 Å². The smallest absolute Gasteiger partial charge is 0.173 e. The number of amidine groups is 1. The molecule has 1 heterocycles. The Hall–Kier alpha value is -1.84. The molecule has 0 amide bonds. The number of rotatable bonds is 3. The number of hydrazone groups is 1. The molecule has 2 rings (SSSR count). The van der Waals surface area contributed by atoms with Gasteiger partial charge in [-0.3, -0.25) is 10.2 Å². The van der Waals surface area contributed by atoms with E-state index in [4.69, 9.17) is 0 Å². The third-order valence-corrected chi connectivity index (χ3v) is 2.43. The van der Waals surface area contributed by atoms with Gasteiger partial charge in [0.15, 0.2) is 12.5 Å². The fraction of sp³-hybridized carbons (Fsp3) is 0.273. The van der Waals surface area contributed by atoms with Crippen molar-refractivity contribution in [3.63, 3.8) is 0 Å². The zero-order chi connectivity index (χ0) is 10.7. The maximum absolute atomic E-state index is 10.8. The third kappa shape index (κ3) is 1.98. The van der Waals surface area contributed by atoms with Crippen molar-refractivity contribution in [2.24, 2.45) is 5.10 Å². The molecule has 15 heavy (non-hydrogen) atoms. The Kier molecular flexibility index (Phi) is 2.67. The van der Waals surface area contributed by atoms with Gasteiger partial charge in [0, 0.05) is 6.54 Å². The highest BCUT2D eigenvalue weighted by Crippen LogP contribution is 2.10. The van der Waals surface area contributed by atoms with E-state index in [2.05, 4.69) is 10.5 Å². The predicted molar refractivity (Wildman–Crippen MR) is 58.1 cm³/mol. The van der Waals surface area contributed by atoms with E-state index in [9.17, 15) is 4.79 Å². The molecule has 0 radical (unpaired) electrons. The molecule has 1 unspecified atom stereocenters. The summed E-state index contributed by atoms with van der Waals surface area (Å²) >= 11 is 0. The first-order valence-corrected chi connectivity index (χ1v) is 4.87. The summed E-state index contributed by atoms with van der Waals surface area (Å²) in [5, 5.41) is 4.03. The molecule has 1 aliphatic heterocycles. The Morgan fingerprint density at radius 3 is 2.87 bits per heavy atom. The van der Waals surface area contributed by atoms with Gasteiger partial charge in [0.05, 0.1) is 0 Å². The Morgan fingerprint density at radius 2 is 2.20 bits per heavy atom. The maximum atomic E-state index is 10.8. The number of hydrogen-bond donors (Lipinski definition) is 1. The van der Waals surface area contributed by atoms with Gasteiger partial charge in [-0.05, 0) is 12.5 Å². The standard InChI is InChI=1S/C11H13N3O/c1-9-12-13-11(8-15)14(9)7-10-5-3-2-4-6-10/h2-6,8,11,13H,7H2,1H3. The summed E-state index contributed by atoms with van der Waals surface area (Å²) in [7, 11) is 0. The molecule has 0 spiro atoms. The SMILES string of the molecule is CC1=NNC(C=O)N1Cc1ccccc1. The van der Waals surface area contributed by atoms with Gasteiger partial charge in [0.25, 0.3) is 0 Å². The first-order valence-electron chi connectivity index (χ1n) is 4.87. The second-order valence-corrected chi connectivity index (χ2v) is 3.48. The molecule has 4 heteroatoms. The van der Waals surface area contributed by atoms with E-state index in [0.29, 0.717) is 6.54 Å². The van der Waals surface area contributed by atoms with E-state index >= 15 is 0 Å². The molecule has 0 saturated carbocycles. The number of benzene rings is 1. The third-order valence-electron chi connectivity index (χ3n) is 2.43. The van der Waals surface area contributed by atoms with Crippen molar-refractivity contribution in [2.75, 3.05) is 0 Å². The van der Waals surface area contributed by atoms with E-state index in [1.807, 2.05) is 42.2 Å². The highest BCUT2D eigenvalue weighted by Gasteiger charge is 2.23. The van der Waals surface area contributed by atoms with Gasteiger partial charge in [-0.15, -0.1) is 0 Å². The minimum Gasteiger partial charge on any atom is -0.327 e. The molecular weight excluding hydrogens is 190 g/mol. The summed E-state index contributed by atoms with van der Waals surface area (Å²) in [6.07, 6.45) is 0.536. The second-order valence-electron chi connectivity index (χ2n) is 3.48. The molecule has 1 N–H and O–H groups in total. The van der Waals surface area contributed by atoms with Gasteiger partial charge in [0.2, 0.25) is 0 Å². The van der Waals surface area contributed by atoms with Crippen LogP contribution in [0, 0.1) is 0 Å². The zero-order valence-electron chi connectivity index (χ0n) is 8.55. The molecule has 0 fully saturated rings. The molecule has 1 aromatic rings. The first kappa shape index (κ1) is 9.71. The number of nitrogens with one attached hydrogen (secondary N) is 1. The number of carbonyl (C=O) groups excluding carboxylic acids is 1. The van der Waals surface area contributed by atoms with Crippen LogP contribution in [-0.2, 0) is 11.3 Å². The van der Waals surface area contributed by atoms with Crippen molar-refractivity contribution >= 4 is 12.1 Å². The second kappa shape index (κ2) is 4.13. The summed E-state index contributed by atoms with van der Waals surface area (Å²) in [6, 6.07) is 10.0. The molecule has 0 saturated heterocycles. The van der Waals surface area contributed by atoms with E-state index in [1.165, 1.54) is 5.56 Å². The van der Waals surface area contributed by atoms with Gasteiger partial charge in [-0.2, -0.15) is 5.10 Å². The highest BCUT2D eigenvalue weighted by atomic mass is 16.1. The highest BCUT2D eigenvalue weighted by molar-refractivity contribution is 5.84. The molecule has 0 bridgehead atoms. The van der Waals surface area contributed by atoms with Gasteiger partial charge < -0.3 is 4.90 Å². The Morgan fingerprint density at radius 1 is 1.47 bits per heavy atom. The molecule has 78 valence electrons. The van der Waals surface area contributed by atoms with Gasteiger partial charge in [-0.25, -0.2) is 0 Å². The number of hydrogen-bond acceptors (Lipinski definition) is 4. The van der Waals surface area contributed by atoms with Crippen LogP contribution >= 0.6 is 0 Å². The summed E-state index contributed by atoms with van der Waals surface area (Å²) in [5.41, 5.74) is 3.94. The van der Waals surface area contributed by atoms with E-state index < -0.39 is 0 Å². The molecule has 0 aromatic heterocycles. The van der Waals surface area contributed by atoms with Crippen molar-refractivity contribution in [1.82, 2.24) is 10.3 Å². The summed E-state index contributed by atoms with van der Waals surface area (Å²) in [4.78, 5) is 12.7. The lowest BCUT2D eigenvalue weighted by Gasteiger charge is -2.21. The predicted octanol–water partition coefficient (Wildman–Crippen LogP) is 0.950. The molecule has 1 aliphatic rings. The Labute approximate surface area is 88.6 Å². The fourth-order valence-corrected chi connectivity index (χ4v) is 1.59. The maximum Gasteiger partial charge on any atom is 0.173 e. The first-order chi connectivity index (χ1) is 7.31. The zero-order valence-corrected chi connectivity index (χ0v) is 8.55. The monoisotopic (exact) mass is 203 g/mol. The van der Waals surface area contributed by atoms with Crippen molar-refractivity contribution < 1.29 is 4.79 Å². The van der Waals surface area contributed by atoms with Gasteiger partial charge >= 0.3 is 0 Å². The molecular formula is C11H13N3O. The Balaban J connectivity index is 2.11. The number of carbonyl (C=O) groups is 1. The Bertz CT molecular complexity index is 375. The lowest BCUT2D eigenvalue weighted by atomic mass is 10.2. The van der Waals surface area contributed by atoms with Crippen LogP contribution in [0.2, 0.25) is 0 Å². The lowest BCUT2D eigenvalue weighted by molar-refractivity contribution is -0.111. The normalized spacial score (nSPS) is 19.7. The van der Waals surface area contributed by atoms with E-state index in [-0.39, 0.29) is 6.17 Å². The largest absolute Gasteiger partial charge is 0.327 e. The van der Waals surface area contributed by atoms with Crippen molar-refractivity contribution in [3.05, 3.63) is 35.9 Å². The van der Waals surface area contributed by atoms with E-state index in [1.54, 1.807) is 0 Å². The van der Waals surface area contributed by atoms with Crippen molar-refractivity contribution in [2.45, 2.75) is 19.6 Å². The summed E-state index contributed by atoms with van der Waals surface area (Å²) < 4.78 is 0. The van der Waals surface area contributed by atoms with Gasteiger partial charge in [0.1, 0.15) is 5.84 Å². The molecule has 0 aliphatic carbocycles. The molecule has 1 atom stereocenters. The van der Waals surface area contributed by atoms with Crippen LogP contribution in [0.3, 0.4) is 0 Å². The van der Waals surface area contributed by atoms with Crippen LogP contribution < -0.4 is 5.43 Å². The molecule has 4 nitrogen and oxygen atoms in total. The fourth-order valence-electron chi connectivity index (χ4n) is 1.59. The minimum atomic E-state index is -0.329. The quantitative estimate of drug-likeness (QED) is 0.744. The van der Waals surface area contributed by atoms with Crippen LogP contribution in [0.1, 0.15) is 12.5 Å². The van der Waals surface area contributed by atoms with Crippen LogP contribution in [0.5, 0.6) is 0 Å². The number of aldehydes is 1. The topological polar surface area (TPSA) is 44.7 Å². The minimum absolute atomic E-state index is 0.329. The van der Waals surface area contributed by atoms with Crippen molar-refractivity contribution in [1.29, 1.82) is 0 Å². The van der Waals surface area contributed by atoms with Crippen molar-refractivity contribution in [3.8, 4) is 0 Å². The van der Waals surface area contributed by atoms with Crippen LogP contribution in [0.25, 0.3) is 0 Å². The van der Waals surface area contributed by atoms with Crippen LogP contribution in [0.4, 0.5) is 0 Å². The average molecular weight is 203 g/mol. The van der Waals surface area contributed by atoms with Crippen LogP contribution in [0.15, 0.2) is 35.4 Å². The molecule has 1 aromatic carbocycles. The summed E-state index contributed by atoms with van der Waals surface area (Å²) in [5.74, 6) is 0.843. The van der Waals surface area contributed by atoms with Crippen LogP contribution in [-0.4, -0.2) is 23.2 Å².